The van der Waals surface area contributed by atoms with E-state index in [9.17, 15) is 4.79 Å². The molecule has 0 fully saturated rings. The molecule has 18 heavy (non-hydrogen) atoms. The van der Waals surface area contributed by atoms with Crippen LogP contribution < -0.4 is 5.32 Å². The van der Waals surface area contributed by atoms with E-state index in [0.717, 1.165) is 19.3 Å². The highest BCUT2D eigenvalue weighted by atomic mass is 16.4. The number of carbonyl (C=O) groups is 1. The Hall–Kier alpha value is -1.29. The van der Waals surface area contributed by atoms with Gasteiger partial charge in [0.15, 0.2) is 0 Å². The molecule has 0 radical (unpaired) electrons. The summed E-state index contributed by atoms with van der Waals surface area (Å²) in [6.45, 7) is 8.49. The Morgan fingerprint density at radius 3 is 2.28 bits per heavy atom. The van der Waals surface area contributed by atoms with Crippen molar-refractivity contribution in [2.24, 2.45) is 0 Å². The fraction of sp³-hybridized carbons (Fsp3) is 0.643. The minimum absolute atomic E-state index is 0.00579. The highest BCUT2D eigenvalue weighted by Crippen LogP contribution is 2.25. The van der Waals surface area contributed by atoms with Crippen molar-refractivity contribution < 1.29 is 14.3 Å². The van der Waals surface area contributed by atoms with E-state index < -0.39 is 5.97 Å². The summed E-state index contributed by atoms with van der Waals surface area (Å²) in [7, 11) is 0. The highest BCUT2D eigenvalue weighted by Gasteiger charge is 2.27. The Balaban J connectivity index is 2.80. The molecule has 0 bridgehead atoms. The van der Waals surface area contributed by atoms with E-state index in [1.54, 1.807) is 6.07 Å². The van der Waals surface area contributed by atoms with Crippen molar-refractivity contribution in [3.05, 3.63) is 23.7 Å². The van der Waals surface area contributed by atoms with Gasteiger partial charge in [0, 0.05) is 5.54 Å². The van der Waals surface area contributed by atoms with Gasteiger partial charge in [-0.2, -0.15) is 0 Å². The lowest BCUT2D eigenvalue weighted by molar-refractivity contribution is 0.0659. The molecule has 0 aliphatic carbocycles. The summed E-state index contributed by atoms with van der Waals surface area (Å²) >= 11 is 0. The van der Waals surface area contributed by atoms with Crippen molar-refractivity contribution >= 4 is 5.97 Å². The van der Waals surface area contributed by atoms with Gasteiger partial charge in [-0.3, -0.25) is 0 Å². The van der Waals surface area contributed by atoms with Gasteiger partial charge in [0.2, 0.25) is 5.76 Å². The average molecular weight is 253 g/mol. The van der Waals surface area contributed by atoms with Crippen LogP contribution in [0.1, 0.15) is 69.3 Å². The SMILES string of the molecule is CCC(CC)(CC)NC(C)c1ccc(C(=O)O)o1. The number of rotatable bonds is 7. The number of nitrogens with one attached hydrogen (secondary N) is 1. The number of furan rings is 1. The monoisotopic (exact) mass is 253 g/mol. The molecule has 102 valence electrons. The molecule has 0 amide bonds. The first-order valence-corrected chi connectivity index (χ1v) is 6.58. The molecule has 0 saturated heterocycles. The molecule has 1 aromatic rings. The second kappa shape index (κ2) is 6.05. The van der Waals surface area contributed by atoms with Gasteiger partial charge >= 0.3 is 5.97 Å². The number of carboxylic acids is 1. The van der Waals surface area contributed by atoms with Crippen LogP contribution in [0.15, 0.2) is 16.5 Å². The van der Waals surface area contributed by atoms with Crippen LogP contribution in [0.2, 0.25) is 0 Å². The summed E-state index contributed by atoms with van der Waals surface area (Å²) in [5, 5.41) is 12.4. The largest absolute Gasteiger partial charge is 0.475 e. The lowest BCUT2D eigenvalue weighted by Gasteiger charge is -2.34. The second-order valence-electron chi connectivity index (χ2n) is 4.71. The third-order valence-electron chi connectivity index (χ3n) is 3.82. The van der Waals surface area contributed by atoms with Gasteiger partial charge in [0.05, 0.1) is 6.04 Å². The third-order valence-corrected chi connectivity index (χ3v) is 3.82. The smallest absolute Gasteiger partial charge is 0.371 e. The Kier molecular flexibility index (Phi) is 4.96. The van der Waals surface area contributed by atoms with E-state index in [1.807, 2.05) is 6.92 Å². The van der Waals surface area contributed by atoms with E-state index in [2.05, 4.69) is 26.1 Å². The number of hydrogen-bond donors (Lipinski definition) is 2. The van der Waals surface area contributed by atoms with Crippen LogP contribution >= 0.6 is 0 Å². The maximum Gasteiger partial charge on any atom is 0.371 e. The molecule has 0 aromatic carbocycles. The summed E-state index contributed by atoms with van der Waals surface area (Å²) in [4.78, 5) is 10.8. The maximum absolute atomic E-state index is 10.8. The zero-order valence-corrected chi connectivity index (χ0v) is 11.6. The summed E-state index contributed by atoms with van der Waals surface area (Å²) in [6.07, 6.45) is 3.12. The Morgan fingerprint density at radius 2 is 1.89 bits per heavy atom. The van der Waals surface area contributed by atoms with E-state index >= 15 is 0 Å². The summed E-state index contributed by atoms with van der Waals surface area (Å²) in [6, 6.07) is 3.24. The van der Waals surface area contributed by atoms with E-state index in [-0.39, 0.29) is 17.3 Å². The molecule has 0 aliphatic rings. The highest BCUT2D eigenvalue weighted by molar-refractivity contribution is 5.84. The van der Waals surface area contributed by atoms with Gasteiger partial charge in [-0.05, 0) is 38.3 Å². The molecule has 0 aliphatic heterocycles. The van der Waals surface area contributed by atoms with Crippen LogP contribution in [0.5, 0.6) is 0 Å². The molecule has 0 saturated carbocycles. The lowest BCUT2D eigenvalue weighted by atomic mass is 9.89. The van der Waals surface area contributed by atoms with Gasteiger partial charge in [-0.1, -0.05) is 20.8 Å². The summed E-state index contributed by atoms with van der Waals surface area (Å²) in [5.74, 6) is -0.359. The Bertz CT molecular complexity index is 385. The normalized spacial score (nSPS) is 13.6. The van der Waals surface area contributed by atoms with Crippen LogP contribution in [0, 0.1) is 0 Å². The molecule has 1 unspecified atom stereocenters. The van der Waals surface area contributed by atoms with Crippen molar-refractivity contribution in [1.82, 2.24) is 5.32 Å². The molecule has 0 spiro atoms. The molecule has 2 N–H and O–H groups in total. The van der Waals surface area contributed by atoms with Gasteiger partial charge in [-0.25, -0.2) is 4.79 Å². The van der Waals surface area contributed by atoms with Crippen molar-refractivity contribution in [2.45, 2.75) is 58.5 Å². The zero-order chi connectivity index (χ0) is 13.8. The first-order valence-electron chi connectivity index (χ1n) is 6.58. The molecule has 4 heteroatoms. The van der Waals surface area contributed by atoms with E-state index in [4.69, 9.17) is 9.52 Å². The van der Waals surface area contributed by atoms with Crippen molar-refractivity contribution in [3.8, 4) is 0 Å². The van der Waals surface area contributed by atoms with Crippen LogP contribution in [0.3, 0.4) is 0 Å². The Labute approximate surface area is 108 Å². The molecular weight excluding hydrogens is 230 g/mol. The summed E-state index contributed by atoms with van der Waals surface area (Å²) < 4.78 is 5.32. The predicted octanol–water partition coefficient (Wildman–Crippen LogP) is 3.60. The fourth-order valence-electron chi connectivity index (χ4n) is 2.29. The van der Waals surface area contributed by atoms with Crippen LogP contribution in [-0.4, -0.2) is 16.6 Å². The first-order chi connectivity index (χ1) is 8.48. The predicted molar refractivity (Wildman–Crippen MR) is 70.8 cm³/mol. The van der Waals surface area contributed by atoms with Gasteiger partial charge in [-0.15, -0.1) is 0 Å². The topological polar surface area (TPSA) is 62.5 Å². The first kappa shape index (κ1) is 14.8. The van der Waals surface area contributed by atoms with E-state index in [0.29, 0.717) is 5.76 Å². The lowest BCUT2D eigenvalue weighted by Crippen LogP contribution is -2.44. The fourth-order valence-corrected chi connectivity index (χ4v) is 2.29. The maximum atomic E-state index is 10.8. The molecule has 1 rings (SSSR count). The van der Waals surface area contributed by atoms with Crippen LogP contribution in [0.4, 0.5) is 0 Å². The quantitative estimate of drug-likeness (QED) is 0.779. The number of hydrogen-bond acceptors (Lipinski definition) is 3. The van der Waals surface area contributed by atoms with E-state index in [1.165, 1.54) is 6.07 Å². The molecule has 1 heterocycles. The third kappa shape index (κ3) is 3.13. The van der Waals surface area contributed by atoms with Gasteiger partial charge in [0.25, 0.3) is 0 Å². The van der Waals surface area contributed by atoms with Crippen molar-refractivity contribution in [3.63, 3.8) is 0 Å². The number of aromatic carboxylic acids is 1. The molecular formula is C14H23NO3. The summed E-state index contributed by atoms with van der Waals surface area (Å²) in [5.41, 5.74) is 0.0929. The van der Waals surface area contributed by atoms with Crippen molar-refractivity contribution in [2.75, 3.05) is 0 Å². The Morgan fingerprint density at radius 1 is 1.33 bits per heavy atom. The van der Waals surface area contributed by atoms with Gasteiger partial charge < -0.3 is 14.8 Å². The average Bonchev–Trinajstić information content (AvgIpc) is 2.86. The molecule has 1 aromatic heterocycles. The van der Waals surface area contributed by atoms with Gasteiger partial charge in [0.1, 0.15) is 5.76 Å². The minimum Gasteiger partial charge on any atom is -0.475 e. The van der Waals surface area contributed by atoms with Crippen molar-refractivity contribution in [1.29, 1.82) is 0 Å². The molecule has 1 atom stereocenters. The standard InChI is InChI=1S/C14H23NO3/c1-5-14(6-2,7-3)15-10(4)11-8-9-12(18-11)13(16)17/h8-10,15H,5-7H2,1-4H3,(H,16,17). The van der Waals surface area contributed by atoms with Crippen LogP contribution in [0.25, 0.3) is 0 Å². The zero-order valence-electron chi connectivity index (χ0n) is 11.6. The molecule has 4 nitrogen and oxygen atoms in total. The minimum atomic E-state index is -1.03. The van der Waals surface area contributed by atoms with Crippen LogP contribution in [-0.2, 0) is 0 Å². The second-order valence-corrected chi connectivity index (χ2v) is 4.71. The number of carboxylic acid groups (broad SMARTS) is 1.